The molecule has 0 aromatic heterocycles. The molecule has 1 heterocycles. The molecule has 0 bridgehead atoms. The molecule has 0 saturated heterocycles. The maximum atomic E-state index is 2.61. The Morgan fingerprint density at radius 1 is 1.18 bits per heavy atom. The fourth-order valence-electron chi connectivity index (χ4n) is 2.92. The van der Waals surface area contributed by atoms with E-state index in [2.05, 4.69) is 49.0 Å². The van der Waals surface area contributed by atoms with Crippen LogP contribution in [-0.2, 0) is 0 Å². The van der Waals surface area contributed by atoms with Gasteiger partial charge >= 0.3 is 5.96 Å². The van der Waals surface area contributed by atoms with E-state index in [9.17, 15) is 0 Å². The van der Waals surface area contributed by atoms with Crippen molar-refractivity contribution in [2.24, 2.45) is 0 Å². The lowest BCUT2D eigenvalue weighted by molar-refractivity contribution is -0.542. The highest BCUT2D eigenvalue weighted by Gasteiger charge is 2.35. The smallest absolute Gasteiger partial charge is 0.265 e. The standard InChI is InChI=1S/C14H30N3/c1-6-13-11-12-16(9-4)14(17(13)10-5)15(7-2)8-3/h13H,6-12H2,1-5H3/q+1. The number of hydrogen-bond acceptors (Lipinski definition) is 2. The van der Waals surface area contributed by atoms with E-state index >= 15 is 0 Å². The molecule has 0 spiro atoms. The molecule has 0 aromatic carbocycles. The monoisotopic (exact) mass is 240 g/mol. The number of guanidine groups is 1. The molecule has 0 aromatic rings. The van der Waals surface area contributed by atoms with Crippen molar-refractivity contribution in [1.29, 1.82) is 0 Å². The van der Waals surface area contributed by atoms with Crippen molar-refractivity contribution in [3.8, 4) is 0 Å². The van der Waals surface area contributed by atoms with Gasteiger partial charge in [0.25, 0.3) is 0 Å². The summed E-state index contributed by atoms with van der Waals surface area (Å²) in [6.07, 6.45) is 2.57. The Morgan fingerprint density at radius 2 is 1.82 bits per heavy atom. The van der Waals surface area contributed by atoms with Gasteiger partial charge in [0.15, 0.2) is 0 Å². The van der Waals surface area contributed by atoms with Gasteiger partial charge in [-0.05, 0) is 34.1 Å². The Labute approximate surface area is 107 Å². The lowest BCUT2D eigenvalue weighted by Gasteiger charge is -2.37. The minimum atomic E-state index is 0.735. The van der Waals surface area contributed by atoms with E-state index < -0.39 is 0 Å². The Morgan fingerprint density at radius 3 is 2.24 bits per heavy atom. The normalized spacial score (nSPS) is 21.0. The second kappa shape index (κ2) is 6.87. The van der Waals surface area contributed by atoms with Crippen LogP contribution in [0.2, 0.25) is 0 Å². The van der Waals surface area contributed by atoms with Crippen LogP contribution in [0.1, 0.15) is 47.5 Å². The molecule has 0 radical (unpaired) electrons. The third kappa shape index (κ3) is 2.93. The SMILES string of the molecule is CCC1CC[N+](CC)=C(N(CC)CC)N1CC. The molecule has 0 aliphatic carbocycles. The second-order valence-corrected chi connectivity index (χ2v) is 4.69. The van der Waals surface area contributed by atoms with E-state index in [0.717, 1.165) is 32.2 Å². The highest BCUT2D eigenvalue weighted by molar-refractivity contribution is 5.76. The minimum absolute atomic E-state index is 0.735. The summed E-state index contributed by atoms with van der Waals surface area (Å²) in [5.74, 6) is 1.47. The molecule has 1 unspecified atom stereocenters. The van der Waals surface area contributed by atoms with Crippen molar-refractivity contribution in [3.63, 3.8) is 0 Å². The number of hydrogen-bond donors (Lipinski definition) is 0. The van der Waals surface area contributed by atoms with E-state index in [1.807, 2.05) is 0 Å². The molecular weight excluding hydrogens is 210 g/mol. The van der Waals surface area contributed by atoms with Crippen LogP contribution >= 0.6 is 0 Å². The van der Waals surface area contributed by atoms with Gasteiger partial charge in [-0.2, -0.15) is 0 Å². The highest BCUT2D eigenvalue weighted by atomic mass is 15.4. The van der Waals surface area contributed by atoms with Crippen LogP contribution in [-0.4, -0.2) is 59.1 Å². The van der Waals surface area contributed by atoms with Crippen molar-refractivity contribution in [2.45, 2.75) is 53.5 Å². The topological polar surface area (TPSA) is 9.49 Å². The van der Waals surface area contributed by atoms with Gasteiger partial charge in [0.1, 0.15) is 0 Å². The zero-order chi connectivity index (χ0) is 12.8. The Balaban J connectivity index is 3.06. The number of nitrogens with zero attached hydrogens (tertiary/aromatic N) is 3. The highest BCUT2D eigenvalue weighted by Crippen LogP contribution is 2.16. The molecule has 0 amide bonds. The molecule has 1 atom stereocenters. The molecule has 0 fully saturated rings. The van der Waals surface area contributed by atoms with Crippen molar-refractivity contribution in [1.82, 2.24) is 9.80 Å². The van der Waals surface area contributed by atoms with Crippen LogP contribution in [0.15, 0.2) is 0 Å². The van der Waals surface area contributed by atoms with Crippen LogP contribution < -0.4 is 0 Å². The summed E-state index contributed by atoms with van der Waals surface area (Å²) in [7, 11) is 0. The predicted octanol–water partition coefficient (Wildman–Crippen LogP) is 2.22. The maximum Gasteiger partial charge on any atom is 0.350 e. The molecule has 100 valence electrons. The fraction of sp³-hybridized carbons (Fsp3) is 0.929. The Hall–Kier alpha value is -0.730. The molecule has 17 heavy (non-hydrogen) atoms. The molecule has 0 N–H and O–H groups in total. The van der Waals surface area contributed by atoms with Gasteiger partial charge in [-0.15, -0.1) is 0 Å². The minimum Gasteiger partial charge on any atom is -0.265 e. The van der Waals surface area contributed by atoms with Gasteiger partial charge in [-0.1, -0.05) is 6.92 Å². The first-order chi connectivity index (χ1) is 8.23. The lowest BCUT2D eigenvalue weighted by atomic mass is 10.1. The summed E-state index contributed by atoms with van der Waals surface area (Å²) in [5.41, 5.74) is 0. The van der Waals surface area contributed by atoms with Crippen LogP contribution in [0.4, 0.5) is 0 Å². The summed E-state index contributed by atoms with van der Waals surface area (Å²) in [6, 6.07) is 0.735. The van der Waals surface area contributed by atoms with E-state index in [1.165, 1.54) is 25.3 Å². The molecule has 0 saturated carbocycles. The van der Waals surface area contributed by atoms with Crippen molar-refractivity contribution >= 4 is 5.96 Å². The molecule has 3 heteroatoms. The summed E-state index contributed by atoms with van der Waals surface area (Å²) < 4.78 is 2.54. The van der Waals surface area contributed by atoms with E-state index in [1.54, 1.807) is 0 Å². The van der Waals surface area contributed by atoms with Crippen LogP contribution in [0.3, 0.4) is 0 Å². The molecule has 1 rings (SSSR count). The summed E-state index contributed by atoms with van der Waals surface area (Å²) in [6.45, 7) is 17.1. The summed E-state index contributed by atoms with van der Waals surface area (Å²) in [4.78, 5) is 5.12. The second-order valence-electron chi connectivity index (χ2n) is 4.69. The summed E-state index contributed by atoms with van der Waals surface area (Å²) >= 11 is 0. The largest absolute Gasteiger partial charge is 0.350 e. The average Bonchev–Trinajstić information content (AvgIpc) is 2.39. The van der Waals surface area contributed by atoms with Gasteiger partial charge < -0.3 is 0 Å². The Kier molecular flexibility index (Phi) is 5.79. The third-order valence-electron chi connectivity index (χ3n) is 3.95. The summed E-state index contributed by atoms with van der Waals surface area (Å²) in [5, 5.41) is 0. The van der Waals surface area contributed by atoms with Gasteiger partial charge in [0.05, 0.1) is 38.8 Å². The van der Waals surface area contributed by atoms with E-state index in [-0.39, 0.29) is 0 Å². The molecular formula is C14H30N3+. The zero-order valence-electron chi connectivity index (χ0n) is 12.4. The first kappa shape index (κ1) is 14.3. The van der Waals surface area contributed by atoms with Crippen LogP contribution in [0, 0.1) is 0 Å². The Bertz CT molecular complexity index is 256. The van der Waals surface area contributed by atoms with Crippen molar-refractivity contribution in [2.75, 3.05) is 32.7 Å². The predicted molar refractivity (Wildman–Crippen MR) is 74.7 cm³/mol. The molecule has 3 nitrogen and oxygen atoms in total. The van der Waals surface area contributed by atoms with Gasteiger partial charge in [0.2, 0.25) is 0 Å². The lowest BCUT2D eigenvalue weighted by Crippen LogP contribution is -2.57. The molecule has 1 aliphatic rings. The van der Waals surface area contributed by atoms with E-state index in [0.29, 0.717) is 0 Å². The van der Waals surface area contributed by atoms with Crippen LogP contribution in [0.25, 0.3) is 0 Å². The van der Waals surface area contributed by atoms with Crippen molar-refractivity contribution in [3.05, 3.63) is 0 Å². The van der Waals surface area contributed by atoms with Crippen LogP contribution in [0.5, 0.6) is 0 Å². The van der Waals surface area contributed by atoms with Gasteiger partial charge in [-0.25, -0.2) is 0 Å². The first-order valence-corrected chi connectivity index (χ1v) is 7.36. The average molecular weight is 240 g/mol. The fourth-order valence-corrected chi connectivity index (χ4v) is 2.92. The number of rotatable bonds is 5. The third-order valence-corrected chi connectivity index (χ3v) is 3.95. The molecule has 1 aliphatic heterocycles. The van der Waals surface area contributed by atoms with Crippen molar-refractivity contribution < 1.29 is 4.58 Å². The van der Waals surface area contributed by atoms with Gasteiger partial charge in [-0.3, -0.25) is 14.4 Å². The van der Waals surface area contributed by atoms with Gasteiger partial charge in [0, 0.05) is 6.42 Å². The first-order valence-electron chi connectivity index (χ1n) is 7.36. The zero-order valence-corrected chi connectivity index (χ0v) is 12.4. The quantitative estimate of drug-likeness (QED) is 0.682. The van der Waals surface area contributed by atoms with E-state index in [4.69, 9.17) is 0 Å². The maximum absolute atomic E-state index is 2.61.